The van der Waals surface area contributed by atoms with E-state index in [1.54, 1.807) is 103 Å². The van der Waals surface area contributed by atoms with Gasteiger partial charge in [0.05, 0.1) is 0 Å². The standard InChI is InChI=1S/2C10H8O.2C10H14.2C9H12O.C9H12.3C7H8O.2C6H6O.C2H6/c2*11-10-7-3-5-8-4-1-2-6-9(8)10;2*1-3-9-5-7-10(4-2)8-6-9;2*1-7(2)8-3-5-9(10)6-4-8;1-3-9-6-4-8(2)5-7-9;3*1-6-4-2-3-5-7(6)8;2*7-6-4-2-1-3-5-6;1-2/h2*1-7,11H;2*5-8H,3-4H2,1-2H3;2*3-7,10H,1-2H3;4-7H,3H2,1-2H3;3*2-5,8H,1H3;2*1-5,7H;1-2H3. The average molecular weight is 1490 g/mol. The van der Waals surface area contributed by atoms with E-state index >= 15 is 0 Å². The Morgan fingerprint density at radius 3 is 0.622 bits per heavy atom. The van der Waals surface area contributed by atoms with Crippen LogP contribution in [0.5, 0.6) is 51.7 Å². The molecule has 9 N–H and O–H groups in total. The summed E-state index contributed by atoms with van der Waals surface area (Å²) in [6.45, 7) is 31.1. The second-order valence-electron chi connectivity index (χ2n) is 25.9. The van der Waals surface area contributed by atoms with E-state index in [1.165, 1.54) is 44.5 Å². The molecule has 0 spiro atoms. The minimum Gasteiger partial charge on any atom is -0.508 e. The molecule has 0 aromatic heterocycles. The van der Waals surface area contributed by atoms with E-state index < -0.39 is 0 Å². The molecule has 0 amide bonds. The van der Waals surface area contributed by atoms with Crippen LogP contribution in [0.25, 0.3) is 21.5 Å². The van der Waals surface area contributed by atoms with Crippen molar-refractivity contribution >= 4 is 21.5 Å². The number of phenolic OH excluding ortho intramolecular Hbond substituents is 9. The first-order valence-electron chi connectivity index (χ1n) is 38.3. The van der Waals surface area contributed by atoms with Crippen LogP contribution in [0, 0.1) is 27.7 Å². The van der Waals surface area contributed by atoms with Crippen LogP contribution in [-0.2, 0) is 32.1 Å². The van der Waals surface area contributed by atoms with Crippen LogP contribution in [-0.4, -0.2) is 46.0 Å². The molecule has 9 heteroatoms. The summed E-state index contributed by atoms with van der Waals surface area (Å²) in [5, 5.41) is 84.6. The Bertz CT molecular complexity index is 4200. The number of aromatic hydroxyl groups is 9. The molecule has 9 nitrogen and oxygen atoms in total. The monoisotopic (exact) mass is 1490 g/mol. The van der Waals surface area contributed by atoms with Gasteiger partial charge in [-0.1, -0.05) is 343 Å². The van der Waals surface area contributed by atoms with Crippen molar-refractivity contribution in [1.82, 2.24) is 0 Å². The molecule has 0 aliphatic rings. The lowest BCUT2D eigenvalue weighted by atomic mass is 10.0. The summed E-state index contributed by atoms with van der Waals surface area (Å²) >= 11 is 0. The van der Waals surface area contributed by atoms with Gasteiger partial charge in [0.15, 0.2) is 0 Å². The lowest BCUT2D eigenvalue weighted by molar-refractivity contribution is 0.470. The minimum atomic E-state index is 0.322. The number of fused-ring (bicyclic) bond motifs is 2. The molecule has 0 aliphatic carbocycles. The van der Waals surface area contributed by atoms with Crippen molar-refractivity contribution in [2.45, 2.75) is 148 Å². The fourth-order valence-electron chi connectivity index (χ4n) is 9.53. The molecule has 14 rings (SSSR count). The third-order valence-electron chi connectivity index (χ3n) is 16.7. The zero-order valence-corrected chi connectivity index (χ0v) is 68.0. The predicted molar refractivity (Wildman–Crippen MR) is 473 cm³/mol. The second kappa shape index (κ2) is 57.0. The fraction of sp³-hybridized carbons (Fsp3) is 0.216. The van der Waals surface area contributed by atoms with Crippen LogP contribution in [0.15, 0.2) is 340 Å². The molecule has 14 aromatic carbocycles. The van der Waals surface area contributed by atoms with Crippen molar-refractivity contribution in [3.8, 4) is 51.7 Å². The highest BCUT2D eigenvalue weighted by Gasteiger charge is 2.00. The van der Waals surface area contributed by atoms with E-state index in [-0.39, 0.29) is 0 Å². The second-order valence-corrected chi connectivity index (χ2v) is 25.9. The van der Waals surface area contributed by atoms with Gasteiger partial charge < -0.3 is 46.0 Å². The Labute approximate surface area is 664 Å². The van der Waals surface area contributed by atoms with Crippen LogP contribution >= 0.6 is 0 Å². The Morgan fingerprint density at radius 2 is 0.414 bits per heavy atom. The van der Waals surface area contributed by atoms with Crippen LogP contribution in [0.4, 0.5) is 0 Å². The van der Waals surface area contributed by atoms with E-state index in [1.807, 2.05) is 198 Å². The van der Waals surface area contributed by atoms with Gasteiger partial charge >= 0.3 is 0 Å². The molecule has 14 aromatic rings. The molecular formula is C102H122O9. The molecule has 0 bridgehead atoms. The van der Waals surface area contributed by atoms with E-state index in [2.05, 4.69) is 142 Å². The van der Waals surface area contributed by atoms with Gasteiger partial charge in [-0.05, 0) is 217 Å². The number of phenols is 9. The predicted octanol–water partition coefficient (Wildman–Crippen LogP) is 27.2. The van der Waals surface area contributed by atoms with Crippen LogP contribution in [0.1, 0.15) is 149 Å². The largest absolute Gasteiger partial charge is 0.508 e. The first-order valence-corrected chi connectivity index (χ1v) is 38.3. The van der Waals surface area contributed by atoms with Gasteiger partial charge in [0, 0.05) is 10.8 Å². The summed E-state index contributed by atoms with van der Waals surface area (Å²) in [7, 11) is 0. The lowest BCUT2D eigenvalue weighted by Gasteiger charge is -2.03. The van der Waals surface area contributed by atoms with E-state index in [0.717, 1.165) is 70.3 Å². The highest BCUT2D eigenvalue weighted by molar-refractivity contribution is 5.88. The lowest BCUT2D eigenvalue weighted by Crippen LogP contribution is -1.84. The number of para-hydroxylation sites is 5. The topological polar surface area (TPSA) is 182 Å². The summed E-state index contributed by atoms with van der Waals surface area (Å²) in [4.78, 5) is 0. The number of aryl methyl sites for hydroxylation is 9. The first-order chi connectivity index (χ1) is 53.4. The van der Waals surface area contributed by atoms with Gasteiger partial charge in [0.25, 0.3) is 0 Å². The van der Waals surface area contributed by atoms with Gasteiger partial charge in [-0.3, -0.25) is 0 Å². The van der Waals surface area contributed by atoms with Crippen LogP contribution < -0.4 is 0 Å². The summed E-state index contributed by atoms with van der Waals surface area (Å²) in [5.41, 5.74) is 13.8. The number of hydrogen-bond donors (Lipinski definition) is 9. The van der Waals surface area contributed by atoms with Crippen molar-refractivity contribution in [3.63, 3.8) is 0 Å². The third kappa shape index (κ3) is 41.7. The number of benzene rings is 14. The minimum absolute atomic E-state index is 0.322. The molecule has 584 valence electrons. The quantitative estimate of drug-likeness (QED) is 0.0750. The highest BCUT2D eigenvalue weighted by Crippen LogP contribution is 2.25. The van der Waals surface area contributed by atoms with Crippen molar-refractivity contribution in [2.24, 2.45) is 0 Å². The molecule has 0 fully saturated rings. The maximum absolute atomic E-state index is 9.37. The highest BCUT2D eigenvalue weighted by atomic mass is 16.3. The molecule has 0 aliphatic heterocycles. The molecule has 0 saturated heterocycles. The van der Waals surface area contributed by atoms with Crippen molar-refractivity contribution < 1.29 is 46.0 Å². The summed E-state index contributed by atoms with van der Waals surface area (Å²) in [6, 6.07) is 107. The summed E-state index contributed by atoms with van der Waals surface area (Å²) in [5.74, 6) is 4.21. The molecule has 111 heavy (non-hydrogen) atoms. The van der Waals surface area contributed by atoms with Crippen LogP contribution in [0.3, 0.4) is 0 Å². The Balaban J connectivity index is 0.000000411. The molecule has 0 unspecified atom stereocenters. The van der Waals surface area contributed by atoms with Gasteiger partial charge in [-0.15, -0.1) is 0 Å². The molecular weight excluding hydrogens is 1370 g/mol. The Morgan fingerprint density at radius 1 is 0.207 bits per heavy atom. The number of rotatable bonds is 7. The Hall–Kier alpha value is -12.2. The van der Waals surface area contributed by atoms with Gasteiger partial charge in [-0.25, -0.2) is 0 Å². The molecule has 0 radical (unpaired) electrons. The Kier molecular flexibility index (Phi) is 48.7. The van der Waals surface area contributed by atoms with Crippen LogP contribution in [0.2, 0.25) is 0 Å². The van der Waals surface area contributed by atoms with E-state index in [0.29, 0.717) is 63.6 Å². The molecule has 0 atom stereocenters. The number of hydrogen-bond acceptors (Lipinski definition) is 9. The summed E-state index contributed by atoms with van der Waals surface area (Å²) in [6.07, 6.45) is 5.71. The van der Waals surface area contributed by atoms with Crippen molar-refractivity contribution in [1.29, 1.82) is 0 Å². The van der Waals surface area contributed by atoms with Gasteiger partial charge in [0.2, 0.25) is 0 Å². The average Bonchev–Trinajstić information content (AvgIpc) is 0.845. The SMILES string of the molecule is CC.CC(C)c1ccc(O)cc1.CC(C)c1ccc(O)cc1.CCc1ccc(C)cc1.CCc1ccc(CC)cc1.CCc1ccc(CC)cc1.Cc1ccccc1O.Cc1ccccc1O.Cc1ccccc1O.Oc1cccc2ccccc12.Oc1cccc2ccccc12.Oc1ccccc1.Oc1ccccc1. The maximum Gasteiger partial charge on any atom is 0.123 e. The molecule has 0 heterocycles. The maximum atomic E-state index is 9.37. The van der Waals surface area contributed by atoms with E-state index in [4.69, 9.17) is 35.7 Å². The van der Waals surface area contributed by atoms with Gasteiger partial charge in [-0.2, -0.15) is 0 Å². The summed E-state index contributed by atoms with van der Waals surface area (Å²) < 4.78 is 0. The molecule has 0 saturated carbocycles. The smallest absolute Gasteiger partial charge is 0.123 e. The van der Waals surface area contributed by atoms with Gasteiger partial charge in [0.1, 0.15) is 51.7 Å². The normalized spacial score (nSPS) is 9.52. The third-order valence-corrected chi connectivity index (χ3v) is 16.7. The van der Waals surface area contributed by atoms with Crippen molar-refractivity contribution in [3.05, 3.63) is 401 Å². The zero-order valence-electron chi connectivity index (χ0n) is 68.0. The zero-order chi connectivity index (χ0) is 82.1. The first kappa shape index (κ1) is 94.9. The fourth-order valence-corrected chi connectivity index (χ4v) is 9.53. The van der Waals surface area contributed by atoms with E-state index in [9.17, 15) is 10.2 Å². The van der Waals surface area contributed by atoms with Crippen molar-refractivity contribution in [2.75, 3.05) is 0 Å².